The number of hydrogen-bond acceptors (Lipinski definition) is 4. The van der Waals surface area contributed by atoms with Crippen LogP contribution in [0.5, 0.6) is 0 Å². The standard InChI is InChI=1S/C15H9N3O2S/c19-15(20)9-1-3-11-13(5-9)18(7-16-11)10-2-4-12-14(6-10)21-8-17-12/h1-8H,(H,19,20). The van der Waals surface area contributed by atoms with E-state index in [4.69, 9.17) is 5.11 Å². The molecule has 0 unspecified atom stereocenters. The van der Waals surface area contributed by atoms with Gasteiger partial charge in [-0.3, -0.25) is 4.57 Å². The Bertz CT molecular complexity index is 987. The Hall–Kier alpha value is -2.73. The Balaban J connectivity index is 1.96. The number of carboxylic acids is 1. The molecule has 1 N–H and O–H groups in total. The Labute approximate surface area is 123 Å². The van der Waals surface area contributed by atoms with E-state index >= 15 is 0 Å². The second kappa shape index (κ2) is 4.39. The second-order valence-electron chi connectivity index (χ2n) is 4.63. The van der Waals surface area contributed by atoms with Crippen molar-refractivity contribution in [1.82, 2.24) is 14.5 Å². The van der Waals surface area contributed by atoms with E-state index in [9.17, 15) is 4.79 Å². The van der Waals surface area contributed by atoms with E-state index in [1.54, 1.807) is 35.9 Å². The molecule has 2 aromatic carbocycles. The van der Waals surface area contributed by atoms with Gasteiger partial charge in [0.05, 0.1) is 32.3 Å². The highest BCUT2D eigenvalue weighted by Gasteiger charge is 2.10. The van der Waals surface area contributed by atoms with Gasteiger partial charge >= 0.3 is 5.97 Å². The van der Waals surface area contributed by atoms with Crippen molar-refractivity contribution in [3.63, 3.8) is 0 Å². The van der Waals surface area contributed by atoms with Crippen molar-refractivity contribution >= 4 is 38.6 Å². The van der Waals surface area contributed by atoms with Gasteiger partial charge in [-0.05, 0) is 36.4 Å². The van der Waals surface area contributed by atoms with Gasteiger partial charge in [-0.1, -0.05) is 0 Å². The minimum atomic E-state index is -0.942. The normalized spacial score (nSPS) is 11.2. The van der Waals surface area contributed by atoms with Crippen molar-refractivity contribution in [2.75, 3.05) is 0 Å². The third-order valence-electron chi connectivity index (χ3n) is 3.39. The molecule has 0 spiro atoms. The van der Waals surface area contributed by atoms with Crippen LogP contribution in [0.15, 0.2) is 48.2 Å². The first-order chi connectivity index (χ1) is 10.2. The summed E-state index contributed by atoms with van der Waals surface area (Å²) >= 11 is 1.57. The highest BCUT2D eigenvalue weighted by Crippen LogP contribution is 2.24. The van der Waals surface area contributed by atoms with Gasteiger partial charge < -0.3 is 5.11 Å². The molecule has 0 saturated heterocycles. The summed E-state index contributed by atoms with van der Waals surface area (Å²) < 4.78 is 2.98. The second-order valence-corrected chi connectivity index (χ2v) is 5.51. The van der Waals surface area contributed by atoms with Gasteiger partial charge in [-0.15, -0.1) is 11.3 Å². The third-order valence-corrected chi connectivity index (χ3v) is 4.18. The van der Waals surface area contributed by atoms with E-state index in [1.807, 2.05) is 28.3 Å². The Morgan fingerprint density at radius 3 is 2.81 bits per heavy atom. The number of nitrogens with zero attached hydrogens (tertiary/aromatic N) is 3. The van der Waals surface area contributed by atoms with Crippen molar-refractivity contribution in [1.29, 1.82) is 0 Å². The number of aromatic carboxylic acids is 1. The van der Waals surface area contributed by atoms with E-state index in [0.717, 1.165) is 26.9 Å². The maximum atomic E-state index is 11.1. The van der Waals surface area contributed by atoms with Crippen LogP contribution in [-0.4, -0.2) is 25.6 Å². The zero-order chi connectivity index (χ0) is 14.4. The summed E-state index contributed by atoms with van der Waals surface area (Å²) in [5.41, 5.74) is 5.51. The number of thiazole rings is 1. The van der Waals surface area contributed by atoms with Gasteiger partial charge in [0.25, 0.3) is 0 Å². The fourth-order valence-corrected chi connectivity index (χ4v) is 3.05. The molecule has 0 aliphatic rings. The van der Waals surface area contributed by atoms with Crippen LogP contribution in [0.1, 0.15) is 10.4 Å². The van der Waals surface area contributed by atoms with Crippen LogP contribution < -0.4 is 0 Å². The summed E-state index contributed by atoms with van der Waals surface area (Å²) in [4.78, 5) is 19.7. The molecule has 2 heterocycles. The van der Waals surface area contributed by atoms with E-state index in [0.29, 0.717) is 0 Å². The highest BCUT2D eigenvalue weighted by atomic mass is 32.1. The monoisotopic (exact) mass is 295 g/mol. The summed E-state index contributed by atoms with van der Waals surface area (Å²) in [5.74, 6) is -0.942. The first kappa shape index (κ1) is 12.0. The van der Waals surface area contributed by atoms with Crippen LogP contribution in [0.4, 0.5) is 0 Å². The molecule has 4 rings (SSSR count). The molecule has 0 aliphatic carbocycles. The molecule has 0 fully saturated rings. The molecule has 0 bridgehead atoms. The van der Waals surface area contributed by atoms with E-state index in [1.165, 1.54) is 0 Å². The first-order valence-corrected chi connectivity index (χ1v) is 7.14. The zero-order valence-electron chi connectivity index (χ0n) is 10.7. The average molecular weight is 295 g/mol. The molecule has 0 aliphatic heterocycles. The van der Waals surface area contributed by atoms with Crippen LogP contribution in [0.3, 0.4) is 0 Å². The smallest absolute Gasteiger partial charge is 0.335 e. The Morgan fingerprint density at radius 1 is 1.10 bits per heavy atom. The minimum absolute atomic E-state index is 0.253. The largest absolute Gasteiger partial charge is 0.478 e. The number of carbonyl (C=O) groups is 1. The number of carboxylic acid groups (broad SMARTS) is 1. The summed E-state index contributed by atoms with van der Waals surface area (Å²) in [7, 11) is 0. The first-order valence-electron chi connectivity index (χ1n) is 6.26. The molecule has 21 heavy (non-hydrogen) atoms. The molecule has 0 radical (unpaired) electrons. The lowest BCUT2D eigenvalue weighted by atomic mass is 10.2. The lowest BCUT2D eigenvalue weighted by Gasteiger charge is -2.04. The number of fused-ring (bicyclic) bond motifs is 2. The molecular weight excluding hydrogens is 286 g/mol. The summed E-state index contributed by atoms with van der Waals surface area (Å²) in [6, 6.07) is 10.9. The zero-order valence-corrected chi connectivity index (χ0v) is 11.5. The molecule has 6 heteroatoms. The number of aromatic nitrogens is 3. The summed E-state index contributed by atoms with van der Waals surface area (Å²) in [6.45, 7) is 0. The van der Waals surface area contributed by atoms with Crippen molar-refractivity contribution in [2.45, 2.75) is 0 Å². The molecule has 0 saturated carbocycles. The maximum absolute atomic E-state index is 11.1. The topological polar surface area (TPSA) is 68.0 Å². The van der Waals surface area contributed by atoms with Crippen molar-refractivity contribution in [2.24, 2.45) is 0 Å². The van der Waals surface area contributed by atoms with Gasteiger partial charge in [0.15, 0.2) is 0 Å². The van der Waals surface area contributed by atoms with Gasteiger partial charge in [0.1, 0.15) is 6.33 Å². The van der Waals surface area contributed by atoms with Crippen molar-refractivity contribution < 1.29 is 9.90 Å². The fraction of sp³-hybridized carbons (Fsp3) is 0. The minimum Gasteiger partial charge on any atom is -0.478 e. The quantitative estimate of drug-likeness (QED) is 0.616. The predicted octanol–water partition coefficient (Wildman–Crippen LogP) is 3.33. The van der Waals surface area contributed by atoms with Gasteiger partial charge in [-0.25, -0.2) is 14.8 Å². The highest BCUT2D eigenvalue weighted by molar-refractivity contribution is 7.16. The Kier molecular flexibility index (Phi) is 2.52. The van der Waals surface area contributed by atoms with Crippen molar-refractivity contribution in [3.8, 4) is 5.69 Å². The SMILES string of the molecule is O=C(O)c1ccc2ncn(-c3ccc4ncsc4c3)c2c1. The molecule has 0 amide bonds. The number of benzene rings is 2. The average Bonchev–Trinajstić information content (AvgIpc) is 3.12. The van der Waals surface area contributed by atoms with Gasteiger partial charge in [0, 0.05) is 5.69 Å². The molecule has 2 aromatic heterocycles. The number of rotatable bonds is 2. The lowest BCUT2D eigenvalue weighted by molar-refractivity contribution is 0.0697. The lowest BCUT2D eigenvalue weighted by Crippen LogP contribution is -1.97. The van der Waals surface area contributed by atoms with E-state index < -0.39 is 5.97 Å². The molecule has 102 valence electrons. The molecular formula is C15H9N3O2S. The van der Waals surface area contributed by atoms with E-state index in [2.05, 4.69) is 9.97 Å². The summed E-state index contributed by atoms with van der Waals surface area (Å²) in [5, 5.41) is 9.12. The number of imidazole rings is 1. The molecule has 0 atom stereocenters. The predicted molar refractivity (Wildman–Crippen MR) is 81.2 cm³/mol. The van der Waals surface area contributed by atoms with Gasteiger partial charge in [-0.2, -0.15) is 0 Å². The fourth-order valence-electron chi connectivity index (χ4n) is 2.34. The van der Waals surface area contributed by atoms with Crippen LogP contribution in [0, 0.1) is 0 Å². The molecule has 4 aromatic rings. The van der Waals surface area contributed by atoms with E-state index in [-0.39, 0.29) is 5.56 Å². The van der Waals surface area contributed by atoms with Crippen LogP contribution in [0.2, 0.25) is 0 Å². The Morgan fingerprint density at radius 2 is 1.95 bits per heavy atom. The van der Waals surface area contributed by atoms with Crippen LogP contribution >= 0.6 is 11.3 Å². The summed E-state index contributed by atoms with van der Waals surface area (Å²) in [6.07, 6.45) is 1.71. The van der Waals surface area contributed by atoms with Crippen molar-refractivity contribution in [3.05, 3.63) is 53.8 Å². The molecule has 5 nitrogen and oxygen atoms in total. The van der Waals surface area contributed by atoms with Crippen LogP contribution in [-0.2, 0) is 0 Å². The third kappa shape index (κ3) is 1.88. The number of hydrogen-bond donors (Lipinski definition) is 1. The van der Waals surface area contributed by atoms with Crippen LogP contribution in [0.25, 0.3) is 26.9 Å². The maximum Gasteiger partial charge on any atom is 0.335 e. The van der Waals surface area contributed by atoms with Gasteiger partial charge in [0.2, 0.25) is 0 Å².